The minimum atomic E-state index is -1.03. The number of hydrogen-bond donors (Lipinski definition) is 2. The number of thiocarbonyl (C=S) groups is 1. The summed E-state index contributed by atoms with van der Waals surface area (Å²) in [5, 5.41) is 12.0. The third-order valence-electron chi connectivity index (χ3n) is 2.48. The van der Waals surface area contributed by atoms with Gasteiger partial charge in [-0.25, -0.2) is 14.8 Å². The molecule has 0 saturated heterocycles. The van der Waals surface area contributed by atoms with Gasteiger partial charge in [-0.3, -0.25) is 0 Å². The lowest BCUT2D eigenvalue weighted by molar-refractivity contribution is 0.0698. The smallest absolute Gasteiger partial charge is 0.337 e. The third kappa shape index (κ3) is 3.07. The minimum absolute atomic E-state index is 0.143. The van der Waals surface area contributed by atoms with Crippen molar-refractivity contribution in [1.82, 2.24) is 9.97 Å². The van der Waals surface area contributed by atoms with E-state index in [1.165, 1.54) is 25.6 Å². The molecule has 20 heavy (non-hydrogen) atoms. The van der Waals surface area contributed by atoms with E-state index in [0.29, 0.717) is 16.2 Å². The standard InChI is InChI=1S/C13H11N3O3S/c1-19-13-14-6-8(7-15-13)11(20)16-10-5-3-2-4-9(10)12(17)18/h2-7H,1H3,(H,16,20)(H,17,18). The van der Waals surface area contributed by atoms with E-state index in [4.69, 9.17) is 22.1 Å². The number of carbonyl (C=O) groups is 1. The lowest BCUT2D eigenvalue weighted by Gasteiger charge is -2.10. The molecule has 0 amide bonds. The second-order valence-electron chi connectivity index (χ2n) is 3.76. The van der Waals surface area contributed by atoms with Gasteiger partial charge in [-0.1, -0.05) is 24.4 Å². The van der Waals surface area contributed by atoms with E-state index >= 15 is 0 Å². The number of nitrogens with one attached hydrogen (secondary N) is 1. The summed E-state index contributed by atoms with van der Waals surface area (Å²) >= 11 is 5.20. The Balaban J connectivity index is 2.21. The fourth-order valence-corrected chi connectivity index (χ4v) is 1.73. The Labute approximate surface area is 120 Å². The van der Waals surface area contributed by atoms with Crippen LogP contribution in [0.2, 0.25) is 0 Å². The first kappa shape index (κ1) is 13.9. The Morgan fingerprint density at radius 1 is 1.30 bits per heavy atom. The SMILES string of the molecule is COc1ncc(C(=S)Nc2ccccc2C(=O)O)cn1. The van der Waals surface area contributed by atoms with E-state index in [2.05, 4.69) is 15.3 Å². The van der Waals surface area contributed by atoms with Gasteiger partial charge < -0.3 is 15.2 Å². The second-order valence-corrected chi connectivity index (χ2v) is 4.17. The number of carboxylic acids is 1. The molecule has 1 aromatic carbocycles. The number of carboxylic acid groups (broad SMARTS) is 1. The van der Waals surface area contributed by atoms with Crippen molar-refractivity contribution >= 4 is 28.9 Å². The Hall–Kier alpha value is -2.54. The average Bonchev–Trinajstić information content (AvgIpc) is 2.47. The number of ether oxygens (including phenoxy) is 1. The maximum Gasteiger partial charge on any atom is 0.337 e. The zero-order valence-electron chi connectivity index (χ0n) is 10.5. The Kier molecular flexibility index (Phi) is 4.21. The van der Waals surface area contributed by atoms with Gasteiger partial charge in [-0.15, -0.1) is 0 Å². The van der Waals surface area contributed by atoms with E-state index in [9.17, 15) is 4.79 Å². The van der Waals surface area contributed by atoms with E-state index in [-0.39, 0.29) is 11.6 Å². The molecule has 0 saturated carbocycles. The van der Waals surface area contributed by atoms with Crippen molar-refractivity contribution in [1.29, 1.82) is 0 Å². The van der Waals surface area contributed by atoms with Crippen molar-refractivity contribution in [3.05, 3.63) is 47.8 Å². The Morgan fingerprint density at radius 2 is 1.95 bits per heavy atom. The lowest BCUT2D eigenvalue weighted by Crippen LogP contribution is -2.14. The van der Waals surface area contributed by atoms with Gasteiger partial charge in [-0.05, 0) is 12.1 Å². The summed E-state index contributed by atoms with van der Waals surface area (Å²) in [6.07, 6.45) is 3.01. The van der Waals surface area contributed by atoms with Crippen molar-refractivity contribution in [2.24, 2.45) is 0 Å². The summed E-state index contributed by atoms with van der Waals surface area (Å²) in [6.45, 7) is 0. The van der Waals surface area contributed by atoms with Gasteiger partial charge in [0.15, 0.2) is 0 Å². The molecule has 1 heterocycles. The number of hydrogen-bond acceptors (Lipinski definition) is 5. The van der Waals surface area contributed by atoms with E-state index in [0.717, 1.165) is 0 Å². The number of aromatic nitrogens is 2. The molecule has 0 aliphatic heterocycles. The molecular formula is C13H11N3O3S. The van der Waals surface area contributed by atoms with Crippen LogP contribution in [0, 0.1) is 0 Å². The number of nitrogens with zero attached hydrogens (tertiary/aromatic N) is 2. The number of benzene rings is 1. The largest absolute Gasteiger partial charge is 0.478 e. The first-order valence-corrected chi connectivity index (χ1v) is 6.02. The molecule has 0 aliphatic carbocycles. The number of anilines is 1. The van der Waals surface area contributed by atoms with Crippen LogP contribution in [0.1, 0.15) is 15.9 Å². The molecule has 7 heteroatoms. The van der Waals surface area contributed by atoms with Crippen LogP contribution in [0.3, 0.4) is 0 Å². The summed E-state index contributed by atoms with van der Waals surface area (Å²) in [5.41, 5.74) is 1.13. The van der Waals surface area contributed by atoms with E-state index in [1.807, 2.05) is 0 Å². The van der Waals surface area contributed by atoms with E-state index in [1.54, 1.807) is 18.2 Å². The molecular weight excluding hydrogens is 278 g/mol. The zero-order valence-corrected chi connectivity index (χ0v) is 11.3. The van der Waals surface area contributed by atoms with Gasteiger partial charge in [0.05, 0.1) is 18.4 Å². The fraction of sp³-hybridized carbons (Fsp3) is 0.0769. The van der Waals surface area contributed by atoms with Crippen molar-refractivity contribution in [3.63, 3.8) is 0 Å². The van der Waals surface area contributed by atoms with Crippen LogP contribution in [-0.4, -0.2) is 33.1 Å². The second kappa shape index (κ2) is 6.07. The van der Waals surface area contributed by atoms with Gasteiger partial charge in [0.25, 0.3) is 0 Å². The highest BCUT2D eigenvalue weighted by Gasteiger charge is 2.11. The topological polar surface area (TPSA) is 84.3 Å². The molecule has 0 atom stereocenters. The van der Waals surface area contributed by atoms with Gasteiger partial charge in [0.2, 0.25) is 0 Å². The molecule has 0 spiro atoms. The minimum Gasteiger partial charge on any atom is -0.478 e. The van der Waals surface area contributed by atoms with Crippen LogP contribution in [0.5, 0.6) is 6.01 Å². The average molecular weight is 289 g/mol. The maximum atomic E-state index is 11.1. The Morgan fingerprint density at radius 3 is 2.55 bits per heavy atom. The molecule has 0 radical (unpaired) electrons. The van der Waals surface area contributed by atoms with Crippen LogP contribution < -0.4 is 10.1 Å². The van der Waals surface area contributed by atoms with Crippen LogP contribution in [0.15, 0.2) is 36.7 Å². The quantitative estimate of drug-likeness (QED) is 0.832. The first-order valence-electron chi connectivity index (χ1n) is 5.61. The number of rotatable bonds is 4. The molecule has 0 bridgehead atoms. The molecule has 1 aromatic heterocycles. The van der Waals surface area contributed by atoms with Gasteiger partial charge in [0.1, 0.15) is 4.99 Å². The molecule has 6 nitrogen and oxygen atoms in total. The van der Waals surface area contributed by atoms with Crippen LogP contribution in [0.25, 0.3) is 0 Å². The van der Waals surface area contributed by atoms with E-state index < -0.39 is 5.97 Å². The van der Waals surface area contributed by atoms with Gasteiger partial charge in [0, 0.05) is 18.0 Å². The molecule has 0 aliphatic rings. The highest BCUT2D eigenvalue weighted by atomic mass is 32.1. The number of methoxy groups -OCH3 is 1. The molecule has 0 unspecified atom stereocenters. The monoisotopic (exact) mass is 289 g/mol. The summed E-state index contributed by atoms with van der Waals surface area (Å²) in [5.74, 6) is -1.03. The molecule has 0 fully saturated rings. The highest BCUT2D eigenvalue weighted by Crippen LogP contribution is 2.16. The molecule has 2 rings (SSSR count). The lowest BCUT2D eigenvalue weighted by atomic mass is 10.1. The van der Waals surface area contributed by atoms with Crippen LogP contribution >= 0.6 is 12.2 Å². The highest BCUT2D eigenvalue weighted by molar-refractivity contribution is 7.81. The third-order valence-corrected chi connectivity index (χ3v) is 2.82. The van der Waals surface area contributed by atoms with Gasteiger partial charge in [-0.2, -0.15) is 0 Å². The summed E-state index contributed by atoms with van der Waals surface area (Å²) < 4.78 is 4.85. The molecule has 2 aromatic rings. The van der Waals surface area contributed by atoms with Crippen molar-refractivity contribution in [2.75, 3.05) is 12.4 Å². The zero-order chi connectivity index (χ0) is 14.5. The number of para-hydroxylation sites is 1. The summed E-state index contributed by atoms with van der Waals surface area (Å²) in [6, 6.07) is 6.75. The summed E-state index contributed by atoms with van der Waals surface area (Å²) in [7, 11) is 1.47. The van der Waals surface area contributed by atoms with Crippen LogP contribution in [0.4, 0.5) is 5.69 Å². The van der Waals surface area contributed by atoms with Gasteiger partial charge >= 0.3 is 12.0 Å². The fourth-order valence-electron chi connectivity index (χ4n) is 1.51. The maximum absolute atomic E-state index is 11.1. The normalized spacial score (nSPS) is 9.85. The first-order chi connectivity index (χ1) is 9.61. The summed E-state index contributed by atoms with van der Waals surface area (Å²) in [4.78, 5) is 19.3. The van der Waals surface area contributed by atoms with Crippen LogP contribution in [-0.2, 0) is 0 Å². The molecule has 2 N–H and O–H groups in total. The van der Waals surface area contributed by atoms with Crippen molar-refractivity contribution in [3.8, 4) is 6.01 Å². The predicted molar refractivity (Wildman–Crippen MR) is 77.3 cm³/mol. The Bertz CT molecular complexity index is 644. The number of aromatic carboxylic acids is 1. The van der Waals surface area contributed by atoms with Crippen molar-refractivity contribution < 1.29 is 14.6 Å². The van der Waals surface area contributed by atoms with Crippen molar-refractivity contribution in [2.45, 2.75) is 0 Å². The predicted octanol–water partition coefficient (Wildman–Crippen LogP) is 1.97. The molecule has 102 valence electrons.